The van der Waals surface area contributed by atoms with E-state index in [2.05, 4.69) is 40.7 Å². The minimum atomic E-state index is -1.70. The average Bonchev–Trinajstić information content (AvgIpc) is 2.98. The maximum atomic E-state index is 14.4. The molecule has 1 heterocycles. The van der Waals surface area contributed by atoms with Crippen molar-refractivity contribution in [3.05, 3.63) is 11.6 Å². The van der Waals surface area contributed by atoms with Crippen molar-refractivity contribution < 1.29 is 50.0 Å². The van der Waals surface area contributed by atoms with Gasteiger partial charge in [-0.3, -0.25) is 4.79 Å². The summed E-state index contributed by atoms with van der Waals surface area (Å²) < 4.78 is 11.4. The first-order valence-electron chi connectivity index (χ1n) is 17.5. The van der Waals surface area contributed by atoms with E-state index in [9.17, 15) is 40.5 Å². The van der Waals surface area contributed by atoms with Crippen LogP contribution in [0.3, 0.4) is 0 Å². The summed E-state index contributed by atoms with van der Waals surface area (Å²) in [6.45, 7) is 14.6. The molecule has 10 nitrogen and oxygen atoms in total. The quantitative estimate of drug-likeness (QED) is 0.177. The first kappa shape index (κ1) is 34.7. The molecule has 0 aromatic rings. The molecule has 1 saturated heterocycles. The van der Waals surface area contributed by atoms with Crippen molar-refractivity contribution in [2.75, 3.05) is 6.61 Å². The highest BCUT2D eigenvalue weighted by atomic mass is 16.7. The predicted molar refractivity (Wildman–Crippen MR) is 168 cm³/mol. The van der Waals surface area contributed by atoms with Crippen molar-refractivity contribution in [2.24, 2.45) is 50.2 Å². The summed E-state index contributed by atoms with van der Waals surface area (Å²) in [4.78, 5) is 14.4. The van der Waals surface area contributed by atoms with Crippen molar-refractivity contribution >= 4 is 5.97 Å². The van der Waals surface area contributed by atoms with Crippen LogP contribution in [0.15, 0.2) is 11.6 Å². The van der Waals surface area contributed by atoms with Crippen LogP contribution in [0.1, 0.15) is 99.8 Å². The monoisotopic (exact) mass is 650 g/mol. The molecular formula is C36H58O10. The minimum absolute atomic E-state index is 0.185. The maximum Gasteiger partial charge on any atom is 0.315 e. The average molecular weight is 651 g/mol. The molecule has 1 aliphatic heterocycles. The second-order valence-electron chi connectivity index (χ2n) is 18.0. The Morgan fingerprint density at radius 1 is 0.848 bits per heavy atom. The number of esters is 1. The van der Waals surface area contributed by atoms with Crippen molar-refractivity contribution in [1.82, 2.24) is 0 Å². The van der Waals surface area contributed by atoms with Crippen molar-refractivity contribution in [1.29, 1.82) is 0 Å². The molecular weight excluding hydrogens is 592 g/mol. The molecule has 5 aliphatic carbocycles. The van der Waals surface area contributed by atoms with Gasteiger partial charge in [-0.05, 0) is 90.3 Å². The Morgan fingerprint density at radius 3 is 2.15 bits per heavy atom. The number of fused-ring (bicyclic) bond motifs is 7. The molecule has 0 spiro atoms. The van der Waals surface area contributed by atoms with Gasteiger partial charge < -0.3 is 45.2 Å². The van der Waals surface area contributed by atoms with Crippen molar-refractivity contribution in [3.63, 3.8) is 0 Å². The van der Waals surface area contributed by atoms with Gasteiger partial charge in [-0.25, -0.2) is 0 Å². The first-order chi connectivity index (χ1) is 21.2. The zero-order valence-corrected chi connectivity index (χ0v) is 28.6. The van der Waals surface area contributed by atoms with Gasteiger partial charge in [0.05, 0.1) is 30.3 Å². The third-order valence-electron chi connectivity index (χ3n) is 15.3. The predicted octanol–water partition coefficient (Wildman–Crippen LogP) is 2.43. The fourth-order valence-corrected chi connectivity index (χ4v) is 12.1. The largest absolute Gasteiger partial charge is 0.432 e. The summed E-state index contributed by atoms with van der Waals surface area (Å²) in [5, 5.41) is 75.3. The third-order valence-corrected chi connectivity index (χ3v) is 15.3. The summed E-state index contributed by atoms with van der Waals surface area (Å²) >= 11 is 0. The molecule has 0 radical (unpaired) electrons. The van der Waals surface area contributed by atoms with Crippen LogP contribution < -0.4 is 0 Å². The molecule has 0 aromatic heterocycles. The fourth-order valence-electron chi connectivity index (χ4n) is 12.1. The van der Waals surface area contributed by atoms with E-state index in [1.807, 2.05) is 13.8 Å². The lowest BCUT2D eigenvalue weighted by Crippen LogP contribution is -2.68. The Bertz CT molecular complexity index is 1250. The van der Waals surface area contributed by atoms with Gasteiger partial charge in [0.15, 0.2) is 0 Å². The highest BCUT2D eigenvalue weighted by Crippen LogP contribution is 2.75. The van der Waals surface area contributed by atoms with Crippen molar-refractivity contribution in [2.45, 2.75) is 149 Å². The molecule has 6 rings (SSSR count). The fraction of sp³-hybridized carbons (Fsp3) is 0.917. The van der Waals surface area contributed by atoms with Crippen LogP contribution in [0.4, 0.5) is 0 Å². The molecule has 10 heteroatoms. The van der Waals surface area contributed by atoms with Gasteiger partial charge in [0.25, 0.3) is 0 Å². The van der Waals surface area contributed by atoms with E-state index in [-0.39, 0.29) is 28.1 Å². The standard InChI is InChI=1S/C36H58O10/c1-31(2)12-14-36(30(44)46-29-26(41)25(40)24(39)20(17-37)45-29)15-13-34(6)18(23(36)28(31)43)8-9-22-33(5)16-19(38)27(42)32(3,4)21(33)10-11-35(22,34)7/h8,19-29,37-43H,9-17H2,1-7H3/t19-,20-,21+,22-,23-,24+,25+,26+,27+,28+,29-,33+,34-,35-,36+/m1/s1. The minimum Gasteiger partial charge on any atom is -0.432 e. The van der Waals surface area contributed by atoms with E-state index in [1.54, 1.807) is 0 Å². The molecule has 7 N–H and O–H groups in total. The lowest BCUT2D eigenvalue weighted by atomic mass is 9.33. The number of rotatable bonds is 3. The Labute approximate surface area is 273 Å². The Kier molecular flexibility index (Phi) is 8.27. The number of aliphatic hydroxyl groups is 7. The Hall–Kier alpha value is -1.11. The number of allylic oxidation sites excluding steroid dienone is 1. The van der Waals surface area contributed by atoms with Gasteiger partial charge in [-0.15, -0.1) is 0 Å². The summed E-state index contributed by atoms with van der Waals surface area (Å²) in [6.07, 6.45) is -2.48. The van der Waals surface area contributed by atoms with Crippen LogP contribution >= 0.6 is 0 Å². The summed E-state index contributed by atoms with van der Waals surface area (Å²) in [5.74, 6) is -0.666. The van der Waals surface area contributed by atoms with E-state index >= 15 is 0 Å². The molecule has 262 valence electrons. The molecule has 0 unspecified atom stereocenters. The van der Waals surface area contributed by atoms with Gasteiger partial charge in [-0.2, -0.15) is 0 Å². The normalized spacial score (nSPS) is 54.3. The molecule has 0 bridgehead atoms. The number of aliphatic hydroxyl groups excluding tert-OH is 7. The van der Waals surface area contributed by atoms with Crippen LogP contribution in [-0.2, 0) is 14.3 Å². The van der Waals surface area contributed by atoms with E-state index in [1.165, 1.54) is 0 Å². The highest BCUT2D eigenvalue weighted by molar-refractivity contribution is 5.79. The molecule has 0 aromatic carbocycles. The van der Waals surface area contributed by atoms with Crippen molar-refractivity contribution in [3.8, 4) is 0 Å². The number of hydrogen-bond acceptors (Lipinski definition) is 10. The number of carbonyl (C=O) groups excluding carboxylic acids is 1. The number of ether oxygens (including phenoxy) is 2. The summed E-state index contributed by atoms with van der Waals surface area (Å²) in [5.41, 5.74) is -1.64. The third kappa shape index (κ3) is 4.46. The van der Waals surface area contributed by atoms with E-state index in [0.717, 1.165) is 24.8 Å². The molecule has 0 amide bonds. The van der Waals surface area contributed by atoms with Crippen LogP contribution in [0.2, 0.25) is 0 Å². The van der Waals surface area contributed by atoms with Gasteiger partial charge in [0.2, 0.25) is 6.29 Å². The number of carbonyl (C=O) groups is 1. The smallest absolute Gasteiger partial charge is 0.315 e. The Balaban J connectivity index is 1.39. The van der Waals surface area contributed by atoms with Gasteiger partial charge in [0.1, 0.15) is 24.4 Å². The number of hydrogen-bond donors (Lipinski definition) is 7. The van der Waals surface area contributed by atoms with E-state index in [4.69, 9.17) is 9.47 Å². The summed E-state index contributed by atoms with van der Waals surface area (Å²) in [7, 11) is 0. The molecule has 15 atom stereocenters. The van der Waals surface area contributed by atoms with Crippen LogP contribution in [0.5, 0.6) is 0 Å². The highest BCUT2D eigenvalue weighted by Gasteiger charge is 2.71. The van der Waals surface area contributed by atoms with Gasteiger partial charge in [-0.1, -0.05) is 60.1 Å². The molecule has 4 saturated carbocycles. The van der Waals surface area contributed by atoms with E-state index in [0.29, 0.717) is 32.1 Å². The lowest BCUT2D eigenvalue weighted by Gasteiger charge is -2.71. The second-order valence-corrected chi connectivity index (χ2v) is 18.0. The Morgan fingerprint density at radius 2 is 1.50 bits per heavy atom. The van der Waals surface area contributed by atoms with E-state index < -0.39 is 83.8 Å². The molecule has 46 heavy (non-hydrogen) atoms. The van der Waals surface area contributed by atoms with Crippen LogP contribution in [0, 0.1) is 50.2 Å². The summed E-state index contributed by atoms with van der Waals surface area (Å²) in [6, 6.07) is 0. The van der Waals surface area contributed by atoms with Gasteiger partial charge in [0, 0.05) is 5.92 Å². The second kappa shape index (κ2) is 10.9. The van der Waals surface area contributed by atoms with Crippen LogP contribution in [-0.4, -0.2) is 97.3 Å². The first-order valence-corrected chi connectivity index (χ1v) is 17.5. The van der Waals surface area contributed by atoms with Gasteiger partial charge >= 0.3 is 5.97 Å². The zero-order valence-electron chi connectivity index (χ0n) is 28.6. The molecule has 5 fully saturated rings. The van der Waals surface area contributed by atoms with Crippen LogP contribution in [0.25, 0.3) is 0 Å². The SMILES string of the molecule is CC1(C)CC[C@]2(C(=O)O[C@H]3O[C@H](CO)[C@H](O)[C@H](O)[C@@H]3O)CC[C@]3(C)C(=CC[C@@H]4[C@@]5(C)C[C@@H](O)[C@H](O)C(C)(C)[C@@H]5CC[C@]43C)[C@@H]2[C@@H]1O. The lowest BCUT2D eigenvalue weighted by molar-refractivity contribution is -0.298. The topological polar surface area (TPSA) is 177 Å². The zero-order chi connectivity index (χ0) is 34.0. The molecule has 6 aliphatic rings. The maximum absolute atomic E-state index is 14.4.